The number of furan rings is 1. The van der Waals surface area contributed by atoms with Crippen molar-refractivity contribution in [2.24, 2.45) is 0 Å². The summed E-state index contributed by atoms with van der Waals surface area (Å²) in [5.41, 5.74) is 0. The number of hydrogen-bond acceptors (Lipinski definition) is 4. The van der Waals surface area contributed by atoms with E-state index in [2.05, 4.69) is 0 Å². The van der Waals surface area contributed by atoms with Gasteiger partial charge in [-0.25, -0.2) is 13.2 Å². The normalized spacial score (nSPS) is 12.4. The van der Waals surface area contributed by atoms with E-state index in [1.54, 1.807) is 12.1 Å². The lowest BCUT2D eigenvalue weighted by molar-refractivity contribution is -0.131. The summed E-state index contributed by atoms with van der Waals surface area (Å²) < 4.78 is 28.7. The molecule has 1 heterocycles. The Bertz CT molecular complexity index is 529. The predicted octanol–water partition coefficient (Wildman–Crippen LogP) is 0.769. The van der Waals surface area contributed by atoms with Gasteiger partial charge in [0.2, 0.25) is 10.0 Å². The second-order valence-electron chi connectivity index (χ2n) is 3.49. The molecule has 1 rings (SSSR count). The lowest BCUT2D eigenvalue weighted by Crippen LogP contribution is -2.24. The Hall–Kier alpha value is -1.60. The van der Waals surface area contributed by atoms with Gasteiger partial charge in [-0.1, -0.05) is 0 Å². The molecule has 17 heavy (non-hydrogen) atoms. The van der Waals surface area contributed by atoms with Gasteiger partial charge in [0.1, 0.15) is 11.5 Å². The van der Waals surface area contributed by atoms with Crippen molar-refractivity contribution in [1.29, 1.82) is 0 Å². The van der Waals surface area contributed by atoms with Crippen LogP contribution in [-0.4, -0.2) is 37.1 Å². The highest BCUT2D eigenvalue weighted by atomic mass is 32.2. The van der Waals surface area contributed by atoms with Crippen LogP contribution in [-0.2, 0) is 21.4 Å². The lowest BCUT2D eigenvalue weighted by Gasteiger charge is -2.11. The van der Waals surface area contributed by atoms with Crippen molar-refractivity contribution < 1.29 is 22.7 Å². The van der Waals surface area contributed by atoms with E-state index in [0.29, 0.717) is 11.5 Å². The molecule has 0 aliphatic carbocycles. The Morgan fingerprint density at radius 1 is 1.53 bits per heavy atom. The third-order valence-electron chi connectivity index (χ3n) is 2.02. The number of sulfonamides is 1. The smallest absolute Gasteiger partial charge is 0.328 e. The highest BCUT2D eigenvalue weighted by Crippen LogP contribution is 2.12. The van der Waals surface area contributed by atoms with Gasteiger partial charge in [0.05, 0.1) is 12.8 Å². The first-order valence-corrected chi connectivity index (χ1v) is 6.55. The molecule has 0 amide bonds. The van der Waals surface area contributed by atoms with Crippen molar-refractivity contribution in [2.75, 3.05) is 13.3 Å². The monoisotopic (exact) mass is 259 g/mol. The molecule has 0 unspecified atom stereocenters. The molecule has 1 N–H and O–H groups in total. The van der Waals surface area contributed by atoms with Crippen molar-refractivity contribution >= 4 is 22.1 Å². The topological polar surface area (TPSA) is 87.8 Å². The average Bonchev–Trinajstić information content (AvgIpc) is 2.61. The van der Waals surface area contributed by atoms with E-state index in [0.717, 1.165) is 16.6 Å². The number of rotatable bonds is 5. The van der Waals surface area contributed by atoms with Gasteiger partial charge in [0.15, 0.2) is 0 Å². The third kappa shape index (κ3) is 4.41. The fourth-order valence-corrected chi connectivity index (χ4v) is 1.42. The predicted molar refractivity (Wildman–Crippen MR) is 61.7 cm³/mol. The van der Waals surface area contributed by atoms with Gasteiger partial charge in [-0.05, 0) is 18.2 Å². The van der Waals surface area contributed by atoms with E-state index < -0.39 is 16.0 Å². The second-order valence-corrected chi connectivity index (χ2v) is 5.58. The lowest BCUT2D eigenvalue weighted by atomic mass is 10.4. The number of hydrogen-bond donors (Lipinski definition) is 1. The van der Waals surface area contributed by atoms with Crippen LogP contribution in [0.5, 0.6) is 0 Å². The maximum Gasteiger partial charge on any atom is 0.328 e. The zero-order chi connectivity index (χ0) is 13.1. The molecule has 1 aromatic rings. The maximum atomic E-state index is 11.1. The molecule has 0 fully saturated rings. The second kappa shape index (κ2) is 5.15. The molecular formula is C10H13NO5S. The molecule has 0 aromatic carbocycles. The number of carbonyl (C=O) groups is 1. The fourth-order valence-electron chi connectivity index (χ4n) is 1.06. The van der Waals surface area contributed by atoms with Gasteiger partial charge in [-0.15, -0.1) is 0 Å². The zero-order valence-electron chi connectivity index (χ0n) is 9.45. The minimum Gasteiger partial charge on any atom is -0.478 e. The minimum absolute atomic E-state index is 0.111. The summed E-state index contributed by atoms with van der Waals surface area (Å²) in [5, 5.41) is 8.42. The highest BCUT2D eigenvalue weighted by molar-refractivity contribution is 7.88. The van der Waals surface area contributed by atoms with Gasteiger partial charge in [0.25, 0.3) is 0 Å². The molecule has 0 radical (unpaired) electrons. The molecule has 0 saturated carbocycles. The zero-order valence-corrected chi connectivity index (χ0v) is 10.3. The Kier molecular flexibility index (Phi) is 4.08. The van der Waals surface area contributed by atoms with Crippen LogP contribution in [0.1, 0.15) is 11.5 Å². The van der Waals surface area contributed by atoms with Crippen molar-refractivity contribution in [3.05, 3.63) is 29.7 Å². The molecular weight excluding hydrogens is 246 g/mol. The van der Waals surface area contributed by atoms with E-state index in [-0.39, 0.29) is 6.54 Å². The quantitative estimate of drug-likeness (QED) is 0.789. The van der Waals surface area contributed by atoms with Crippen LogP contribution in [0.15, 0.2) is 22.6 Å². The van der Waals surface area contributed by atoms with Gasteiger partial charge in [0, 0.05) is 13.1 Å². The van der Waals surface area contributed by atoms with Gasteiger partial charge >= 0.3 is 5.97 Å². The average molecular weight is 259 g/mol. The summed E-state index contributed by atoms with van der Waals surface area (Å²) in [6.45, 7) is 0.111. The Balaban J connectivity index is 2.73. The van der Waals surface area contributed by atoms with Crippen LogP contribution in [0.4, 0.5) is 0 Å². The first-order chi connectivity index (χ1) is 7.79. The molecule has 0 atom stereocenters. The van der Waals surface area contributed by atoms with E-state index in [1.165, 1.54) is 13.1 Å². The minimum atomic E-state index is -3.26. The van der Waals surface area contributed by atoms with Gasteiger partial charge in [-0.3, -0.25) is 0 Å². The molecule has 0 aliphatic heterocycles. The van der Waals surface area contributed by atoms with Crippen molar-refractivity contribution in [3.63, 3.8) is 0 Å². The van der Waals surface area contributed by atoms with Crippen LogP contribution < -0.4 is 0 Å². The summed E-state index contributed by atoms with van der Waals surface area (Å²) in [6.07, 6.45) is 3.34. The van der Waals surface area contributed by atoms with Crippen molar-refractivity contribution in [1.82, 2.24) is 4.31 Å². The molecule has 6 nitrogen and oxygen atoms in total. The maximum absolute atomic E-state index is 11.1. The Labute approximate surface area is 99.2 Å². The van der Waals surface area contributed by atoms with Crippen LogP contribution in [0.25, 0.3) is 6.08 Å². The van der Waals surface area contributed by atoms with E-state index >= 15 is 0 Å². The van der Waals surface area contributed by atoms with Crippen LogP contribution >= 0.6 is 0 Å². The Morgan fingerprint density at radius 3 is 2.71 bits per heavy atom. The first kappa shape index (κ1) is 13.5. The van der Waals surface area contributed by atoms with E-state index in [4.69, 9.17) is 9.52 Å². The third-order valence-corrected chi connectivity index (χ3v) is 3.28. The summed E-state index contributed by atoms with van der Waals surface area (Å²) >= 11 is 0. The molecule has 0 aliphatic rings. The first-order valence-electron chi connectivity index (χ1n) is 4.70. The van der Waals surface area contributed by atoms with Crippen LogP contribution in [0.3, 0.4) is 0 Å². The van der Waals surface area contributed by atoms with Gasteiger partial charge in [-0.2, -0.15) is 4.31 Å². The summed E-state index contributed by atoms with van der Waals surface area (Å²) in [6, 6.07) is 3.17. The molecule has 0 bridgehead atoms. The number of carboxylic acid groups (broad SMARTS) is 1. The summed E-state index contributed by atoms with van der Waals surface area (Å²) in [7, 11) is -1.82. The number of nitrogens with zero attached hydrogens (tertiary/aromatic N) is 1. The SMILES string of the molecule is CN(Cc1ccc(/C=C/C(=O)O)o1)S(C)(=O)=O. The van der Waals surface area contributed by atoms with Crippen molar-refractivity contribution in [2.45, 2.75) is 6.54 Å². The Morgan fingerprint density at radius 2 is 2.18 bits per heavy atom. The molecule has 1 aromatic heterocycles. The molecule has 7 heteroatoms. The standard InChI is InChI=1S/C10H13NO5S/c1-11(17(2,14)15)7-9-4-3-8(16-9)5-6-10(12)13/h3-6H,7H2,1-2H3,(H,12,13)/b6-5+. The highest BCUT2D eigenvalue weighted by Gasteiger charge is 2.13. The van der Waals surface area contributed by atoms with E-state index in [1.807, 2.05) is 0 Å². The molecule has 94 valence electrons. The summed E-state index contributed by atoms with van der Waals surface area (Å²) in [4.78, 5) is 10.3. The number of aliphatic carboxylic acids is 1. The van der Waals surface area contributed by atoms with Crippen LogP contribution in [0, 0.1) is 0 Å². The van der Waals surface area contributed by atoms with Crippen LogP contribution in [0.2, 0.25) is 0 Å². The largest absolute Gasteiger partial charge is 0.478 e. The van der Waals surface area contributed by atoms with Gasteiger partial charge < -0.3 is 9.52 Å². The number of carboxylic acids is 1. The summed E-state index contributed by atoms with van der Waals surface area (Å²) in [5.74, 6) is -0.261. The molecule has 0 spiro atoms. The van der Waals surface area contributed by atoms with E-state index in [9.17, 15) is 13.2 Å². The fraction of sp³-hybridized carbons (Fsp3) is 0.300. The van der Waals surface area contributed by atoms with Crippen molar-refractivity contribution in [3.8, 4) is 0 Å². The molecule has 0 saturated heterocycles.